The number of aliphatic hydroxyl groups is 1. The lowest BCUT2D eigenvalue weighted by Crippen LogP contribution is -2.49. The number of benzene rings is 1. The summed E-state index contributed by atoms with van der Waals surface area (Å²) in [5.74, 6) is 0.592. The van der Waals surface area contributed by atoms with Crippen LogP contribution < -0.4 is 10.5 Å². The molecular formula is C12H17NO3. The molecule has 0 radical (unpaired) electrons. The van der Waals surface area contributed by atoms with Crippen molar-refractivity contribution in [1.82, 2.24) is 0 Å². The second-order valence-corrected chi connectivity index (χ2v) is 4.40. The van der Waals surface area contributed by atoms with Crippen molar-refractivity contribution in [1.29, 1.82) is 0 Å². The standard InChI is InChI=1S/C12H17NO3/c1-16-10-4-2-3-9(11(10)15)12(7-13)5-8(14)6-12/h2-4,8,14-15H,5-7,13H2,1H3. The van der Waals surface area contributed by atoms with Crippen molar-refractivity contribution in [3.05, 3.63) is 23.8 Å². The first-order chi connectivity index (χ1) is 7.63. The van der Waals surface area contributed by atoms with Crippen LogP contribution >= 0.6 is 0 Å². The maximum Gasteiger partial charge on any atom is 0.161 e. The number of phenols is 1. The maximum atomic E-state index is 10.0. The minimum absolute atomic E-state index is 0.141. The fraction of sp³-hybridized carbons (Fsp3) is 0.500. The molecule has 16 heavy (non-hydrogen) atoms. The molecule has 1 saturated carbocycles. The fourth-order valence-corrected chi connectivity index (χ4v) is 2.45. The van der Waals surface area contributed by atoms with Gasteiger partial charge in [-0.2, -0.15) is 0 Å². The number of hydrogen-bond donors (Lipinski definition) is 3. The smallest absolute Gasteiger partial charge is 0.161 e. The van der Waals surface area contributed by atoms with Crippen molar-refractivity contribution >= 4 is 0 Å². The van der Waals surface area contributed by atoms with E-state index in [9.17, 15) is 10.2 Å². The van der Waals surface area contributed by atoms with Gasteiger partial charge in [-0.1, -0.05) is 12.1 Å². The van der Waals surface area contributed by atoms with Crippen LogP contribution in [0.4, 0.5) is 0 Å². The molecule has 0 spiro atoms. The van der Waals surface area contributed by atoms with Crippen LogP contribution in [0, 0.1) is 0 Å². The van der Waals surface area contributed by atoms with Crippen LogP contribution in [0.25, 0.3) is 0 Å². The summed E-state index contributed by atoms with van der Waals surface area (Å²) in [4.78, 5) is 0. The minimum Gasteiger partial charge on any atom is -0.504 e. The van der Waals surface area contributed by atoms with Crippen LogP contribution in [-0.4, -0.2) is 30.0 Å². The summed E-state index contributed by atoms with van der Waals surface area (Å²) in [6.45, 7) is 0.421. The Kier molecular flexibility index (Phi) is 2.78. The predicted molar refractivity (Wildman–Crippen MR) is 60.6 cm³/mol. The van der Waals surface area contributed by atoms with E-state index in [4.69, 9.17) is 10.5 Å². The molecule has 1 aliphatic carbocycles. The largest absolute Gasteiger partial charge is 0.504 e. The Labute approximate surface area is 94.7 Å². The number of hydrogen-bond acceptors (Lipinski definition) is 4. The van der Waals surface area contributed by atoms with Crippen molar-refractivity contribution in [3.63, 3.8) is 0 Å². The van der Waals surface area contributed by atoms with Gasteiger partial charge in [0.1, 0.15) is 0 Å². The third kappa shape index (κ3) is 1.54. The molecule has 4 heteroatoms. The van der Waals surface area contributed by atoms with Gasteiger partial charge in [-0.05, 0) is 18.9 Å². The Hall–Kier alpha value is -1.26. The van der Waals surface area contributed by atoms with E-state index in [1.165, 1.54) is 7.11 Å². The van der Waals surface area contributed by atoms with E-state index < -0.39 is 0 Å². The van der Waals surface area contributed by atoms with Gasteiger partial charge in [0.25, 0.3) is 0 Å². The molecule has 88 valence electrons. The molecule has 0 bridgehead atoms. The van der Waals surface area contributed by atoms with Crippen molar-refractivity contribution in [2.24, 2.45) is 5.73 Å². The summed E-state index contributed by atoms with van der Waals surface area (Å²) in [7, 11) is 1.52. The topological polar surface area (TPSA) is 75.7 Å². The zero-order valence-corrected chi connectivity index (χ0v) is 9.31. The third-order valence-corrected chi connectivity index (χ3v) is 3.43. The summed E-state index contributed by atoms with van der Waals surface area (Å²) >= 11 is 0. The number of rotatable bonds is 3. The number of phenolic OH excluding ortho intramolecular Hbond substituents is 1. The summed E-state index contributed by atoms with van der Waals surface area (Å²) in [5, 5.41) is 19.5. The fourth-order valence-electron chi connectivity index (χ4n) is 2.45. The van der Waals surface area contributed by atoms with Crippen LogP contribution in [0.3, 0.4) is 0 Å². The highest BCUT2D eigenvalue weighted by atomic mass is 16.5. The van der Waals surface area contributed by atoms with Crippen molar-refractivity contribution in [2.45, 2.75) is 24.4 Å². The van der Waals surface area contributed by atoms with Gasteiger partial charge < -0.3 is 20.7 Å². The van der Waals surface area contributed by atoms with Crippen LogP contribution in [0.5, 0.6) is 11.5 Å². The normalized spacial score (nSPS) is 28.6. The Morgan fingerprint density at radius 3 is 2.69 bits per heavy atom. The zero-order chi connectivity index (χ0) is 11.8. The SMILES string of the molecule is COc1cccc(C2(CN)CC(O)C2)c1O. The lowest BCUT2D eigenvalue weighted by atomic mass is 9.62. The van der Waals surface area contributed by atoms with E-state index >= 15 is 0 Å². The highest BCUT2D eigenvalue weighted by Gasteiger charge is 2.45. The first-order valence-electron chi connectivity index (χ1n) is 5.37. The Bertz CT molecular complexity index is 386. The number of aliphatic hydroxyl groups excluding tert-OH is 1. The van der Waals surface area contributed by atoms with Gasteiger partial charge in [-0.3, -0.25) is 0 Å². The summed E-state index contributed by atoms with van der Waals surface area (Å²) < 4.78 is 5.07. The zero-order valence-electron chi connectivity index (χ0n) is 9.31. The predicted octanol–water partition coefficient (Wildman–Crippen LogP) is 0.752. The van der Waals surface area contributed by atoms with E-state index in [2.05, 4.69) is 0 Å². The van der Waals surface area contributed by atoms with E-state index in [1.807, 2.05) is 12.1 Å². The minimum atomic E-state index is -0.311. The van der Waals surface area contributed by atoms with Gasteiger partial charge in [0, 0.05) is 17.5 Å². The number of nitrogens with two attached hydrogens (primary N) is 1. The third-order valence-electron chi connectivity index (χ3n) is 3.43. The van der Waals surface area contributed by atoms with Crippen LogP contribution in [-0.2, 0) is 5.41 Å². The molecular weight excluding hydrogens is 206 g/mol. The number of para-hydroxylation sites is 1. The molecule has 1 aliphatic rings. The van der Waals surface area contributed by atoms with E-state index in [-0.39, 0.29) is 17.3 Å². The summed E-state index contributed by atoms with van der Waals surface area (Å²) in [6.07, 6.45) is 0.892. The molecule has 0 amide bonds. The molecule has 0 aromatic heterocycles. The monoisotopic (exact) mass is 223 g/mol. The van der Waals surface area contributed by atoms with E-state index in [1.54, 1.807) is 6.07 Å². The van der Waals surface area contributed by atoms with Crippen LogP contribution in [0.2, 0.25) is 0 Å². The van der Waals surface area contributed by atoms with Gasteiger partial charge in [0.2, 0.25) is 0 Å². The van der Waals surface area contributed by atoms with Crippen molar-refractivity contribution in [2.75, 3.05) is 13.7 Å². The van der Waals surface area contributed by atoms with Crippen LogP contribution in [0.15, 0.2) is 18.2 Å². The van der Waals surface area contributed by atoms with Gasteiger partial charge in [-0.25, -0.2) is 0 Å². The van der Waals surface area contributed by atoms with Gasteiger partial charge in [0.15, 0.2) is 11.5 Å². The highest BCUT2D eigenvalue weighted by Crippen LogP contribution is 2.48. The Balaban J connectivity index is 2.40. The first kappa shape index (κ1) is 11.2. The first-order valence-corrected chi connectivity index (χ1v) is 5.37. The average Bonchev–Trinajstić information content (AvgIpc) is 2.25. The quantitative estimate of drug-likeness (QED) is 0.707. The molecule has 0 unspecified atom stereocenters. The van der Waals surface area contributed by atoms with Gasteiger partial charge in [-0.15, -0.1) is 0 Å². The molecule has 1 aromatic carbocycles. The molecule has 0 atom stereocenters. The number of ether oxygens (including phenoxy) is 1. The molecule has 1 fully saturated rings. The average molecular weight is 223 g/mol. The lowest BCUT2D eigenvalue weighted by molar-refractivity contribution is 0.0210. The van der Waals surface area contributed by atoms with Crippen molar-refractivity contribution < 1.29 is 14.9 Å². The second-order valence-electron chi connectivity index (χ2n) is 4.40. The lowest BCUT2D eigenvalue weighted by Gasteiger charge is -2.45. The Morgan fingerprint density at radius 1 is 1.50 bits per heavy atom. The van der Waals surface area contributed by atoms with Gasteiger partial charge in [0.05, 0.1) is 13.2 Å². The number of aromatic hydroxyl groups is 1. The van der Waals surface area contributed by atoms with Crippen molar-refractivity contribution in [3.8, 4) is 11.5 Å². The highest BCUT2D eigenvalue weighted by molar-refractivity contribution is 5.50. The summed E-state index contributed by atoms with van der Waals surface area (Å²) in [6, 6.07) is 5.38. The molecule has 4 N–H and O–H groups in total. The van der Waals surface area contributed by atoms with E-state index in [0.29, 0.717) is 25.1 Å². The summed E-state index contributed by atoms with van der Waals surface area (Å²) in [5.41, 5.74) is 6.24. The maximum absolute atomic E-state index is 10.0. The molecule has 4 nitrogen and oxygen atoms in total. The second kappa shape index (κ2) is 3.96. The molecule has 0 aliphatic heterocycles. The molecule has 2 rings (SSSR count). The van der Waals surface area contributed by atoms with Gasteiger partial charge >= 0.3 is 0 Å². The molecule has 1 aromatic rings. The van der Waals surface area contributed by atoms with Crippen LogP contribution in [0.1, 0.15) is 18.4 Å². The molecule has 0 saturated heterocycles. The van der Waals surface area contributed by atoms with E-state index in [0.717, 1.165) is 5.56 Å². The number of methoxy groups -OCH3 is 1. The Morgan fingerprint density at radius 2 is 2.19 bits per heavy atom. The molecule has 0 heterocycles.